The van der Waals surface area contributed by atoms with Crippen LogP contribution in [0, 0.1) is 0 Å². The molecule has 17 heavy (non-hydrogen) atoms. The molecule has 0 bridgehead atoms. The number of aliphatic hydroxyl groups is 1. The summed E-state index contributed by atoms with van der Waals surface area (Å²) in [5.41, 5.74) is 0.642. The van der Waals surface area contributed by atoms with Crippen molar-refractivity contribution >= 4 is 27.5 Å². The van der Waals surface area contributed by atoms with Crippen molar-refractivity contribution in [3.8, 4) is 11.5 Å². The van der Waals surface area contributed by atoms with E-state index in [9.17, 15) is 5.11 Å². The summed E-state index contributed by atoms with van der Waals surface area (Å²) in [7, 11) is 0. The summed E-state index contributed by atoms with van der Waals surface area (Å²) in [5, 5.41) is 13.8. The van der Waals surface area contributed by atoms with Crippen molar-refractivity contribution in [2.45, 2.75) is 19.4 Å². The SMILES string of the molecule is CCC(O)c1noc(-c2cccc(Br)c2Cl)n1. The molecule has 1 heterocycles. The molecular weight excluding hydrogens is 307 g/mol. The summed E-state index contributed by atoms with van der Waals surface area (Å²) >= 11 is 9.43. The number of halogens is 2. The number of hydrogen-bond donors (Lipinski definition) is 1. The van der Waals surface area contributed by atoms with Gasteiger partial charge in [0.25, 0.3) is 5.89 Å². The lowest BCUT2D eigenvalue weighted by atomic mass is 10.2. The van der Waals surface area contributed by atoms with Crippen molar-refractivity contribution in [3.63, 3.8) is 0 Å². The summed E-state index contributed by atoms with van der Waals surface area (Å²) in [5.74, 6) is 0.581. The number of aromatic nitrogens is 2. The van der Waals surface area contributed by atoms with Crippen molar-refractivity contribution in [3.05, 3.63) is 33.5 Å². The van der Waals surface area contributed by atoms with Crippen LogP contribution in [-0.4, -0.2) is 15.2 Å². The maximum atomic E-state index is 9.59. The van der Waals surface area contributed by atoms with E-state index in [1.807, 2.05) is 19.1 Å². The van der Waals surface area contributed by atoms with Crippen LogP contribution < -0.4 is 0 Å². The largest absolute Gasteiger partial charge is 0.385 e. The number of hydrogen-bond acceptors (Lipinski definition) is 4. The molecule has 2 aromatic rings. The number of rotatable bonds is 3. The van der Waals surface area contributed by atoms with E-state index in [1.54, 1.807) is 6.07 Å². The van der Waals surface area contributed by atoms with E-state index >= 15 is 0 Å². The van der Waals surface area contributed by atoms with Crippen molar-refractivity contribution < 1.29 is 9.63 Å². The van der Waals surface area contributed by atoms with Gasteiger partial charge in [-0.2, -0.15) is 4.98 Å². The van der Waals surface area contributed by atoms with Gasteiger partial charge in [0.05, 0.1) is 10.6 Å². The molecule has 0 spiro atoms. The summed E-state index contributed by atoms with van der Waals surface area (Å²) < 4.78 is 5.84. The zero-order valence-electron chi connectivity index (χ0n) is 9.02. The summed E-state index contributed by atoms with van der Waals surface area (Å²) in [4.78, 5) is 4.12. The highest BCUT2D eigenvalue weighted by molar-refractivity contribution is 9.10. The minimum atomic E-state index is -0.710. The second-order valence-electron chi connectivity index (χ2n) is 3.48. The van der Waals surface area contributed by atoms with Crippen molar-refractivity contribution in [1.29, 1.82) is 0 Å². The first-order valence-electron chi connectivity index (χ1n) is 5.09. The van der Waals surface area contributed by atoms with Gasteiger partial charge >= 0.3 is 0 Å². The third kappa shape index (κ3) is 2.51. The molecule has 1 aromatic carbocycles. The zero-order valence-corrected chi connectivity index (χ0v) is 11.4. The summed E-state index contributed by atoms with van der Waals surface area (Å²) in [6.45, 7) is 1.84. The standard InChI is InChI=1S/C11H10BrClN2O2/c1-2-8(16)10-14-11(17-15-10)6-4-3-5-7(12)9(6)13/h3-5,8,16H,2H2,1H3. The smallest absolute Gasteiger partial charge is 0.259 e. The molecule has 0 saturated heterocycles. The van der Waals surface area contributed by atoms with Gasteiger partial charge in [-0.25, -0.2) is 0 Å². The minimum Gasteiger partial charge on any atom is -0.385 e. The van der Waals surface area contributed by atoms with Crippen LogP contribution >= 0.6 is 27.5 Å². The molecule has 1 unspecified atom stereocenters. The quantitative estimate of drug-likeness (QED) is 0.939. The average molecular weight is 318 g/mol. The maximum Gasteiger partial charge on any atom is 0.259 e. The fourth-order valence-electron chi connectivity index (χ4n) is 1.33. The lowest BCUT2D eigenvalue weighted by Gasteiger charge is -2.00. The van der Waals surface area contributed by atoms with Gasteiger partial charge in [0.1, 0.15) is 6.10 Å². The molecule has 0 radical (unpaired) electrons. The van der Waals surface area contributed by atoms with Crippen LogP contribution in [0.5, 0.6) is 0 Å². The van der Waals surface area contributed by atoms with Gasteiger partial charge in [-0.05, 0) is 34.5 Å². The monoisotopic (exact) mass is 316 g/mol. The molecule has 90 valence electrons. The number of benzene rings is 1. The van der Waals surface area contributed by atoms with Gasteiger partial charge in [-0.15, -0.1) is 0 Å². The van der Waals surface area contributed by atoms with Crippen molar-refractivity contribution in [2.75, 3.05) is 0 Å². The van der Waals surface area contributed by atoms with Gasteiger partial charge in [-0.3, -0.25) is 0 Å². The van der Waals surface area contributed by atoms with Crippen LogP contribution in [0.25, 0.3) is 11.5 Å². The third-order valence-corrected chi connectivity index (χ3v) is 3.60. The molecule has 0 amide bonds. The Morgan fingerprint density at radius 2 is 2.29 bits per heavy atom. The molecular formula is C11H10BrClN2O2. The summed E-state index contributed by atoms with van der Waals surface area (Å²) in [6, 6.07) is 5.43. The first-order chi connectivity index (χ1) is 8.13. The molecule has 1 N–H and O–H groups in total. The van der Waals surface area contributed by atoms with Crippen LogP contribution in [0.4, 0.5) is 0 Å². The molecule has 0 saturated carbocycles. The van der Waals surface area contributed by atoms with E-state index < -0.39 is 6.10 Å². The second kappa shape index (κ2) is 5.16. The van der Waals surface area contributed by atoms with Gasteiger partial charge in [0.15, 0.2) is 0 Å². The van der Waals surface area contributed by atoms with Gasteiger partial charge in [0.2, 0.25) is 5.82 Å². The maximum absolute atomic E-state index is 9.59. The fourth-order valence-corrected chi connectivity index (χ4v) is 1.90. The van der Waals surface area contributed by atoms with Crippen LogP contribution in [0.2, 0.25) is 5.02 Å². The normalized spacial score (nSPS) is 12.7. The molecule has 6 heteroatoms. The van der Waals surface area contributed by atoms with Crippen LogP contribution in [0.3, 0.4) is 0 Å². The van der Waals surface area contributed by atoms with Gasteiger partial charge in [-0.1, -0.05) is 29.7 Å². The van der Waals surface area contributed by atoms with E-state index in [0.29, 0.717) is 22.9 Å². The molecule has 4 nitrogen and oxygen atoms in total. The fraction of sp³-hybridized carbons (Fsp3) is 0.273. The third-order valence-electron chi connectivity index (χ3n) is 2.31. The molecule has 1 atom stereocenters. The Morgan fingerprint density at radius 3 is 3.00 bits per heavy atom. The van der Waals surface area contributed by atoms with E-state index in [-0.39, 0.29) is 5.82 Å². The number of nitrogens with zero attached hydrogens (tertiary/aromatic N) is 2. The van der Waals surface area contributed by atoms with E-state index in [1.165, 1.54) is 0 Å². The van der Waals surface area contributed by atoms with Crippen LogP contribution in [-0.2, 0) is 0 Å². The molecule has 0 aliphatic carbocycles. The molecule has 0 aliphatic heterocycles. The molecule has 0 fully saturated rings. The lowest BCUT2D eigenvalue weighted by Crippen LogP contribution is -1.97. The highest BCUT2D eigenvalue weighted by Crippen LogP contribution is 2.33. The molecule has 2 rings (SSSR count). The molecule has 0 aliphatic rings. The Balaban J connectivity index is 2.40. The Morgan fingerprint density at radius 1 is 1.53 bits per heavy atom. The first kappa shape index (κ1) is 12.5. The highest BCUT2D eigenvalue weighted by Gasteiger charge is 2.17. The molecule has 1 aromatic heterocycles. The topological polar surface area (TPSA) is 59.2 Å². The van der Waals surface area contributed by atoms with E-state index in [4.69, 9.17) is 16.1 Å². The highest BCUT2D eigenvalue weighted by atomic mass is 79.9. The predicted octanol–water partition coefficient (Wildman–Crippen LogP) is 3.60. The van der Waals surface area contributed by atoms with E-state index in [2.05, 4.69) is 26.1 Å². The lowest BCUT2D eigenvalue weighted by molar-refractivity contribution is 0.159. The van der Waals surface area contributed by atoms with Crippen molar-refractivity contribution in [1.82, 2.24) is 10.1 Å². The van der Waals surface area contributed by atoms with Crippen molar-refractivity contribution in [2.24, 2.45) is 0 Å². The Kier molecular flexibility index (Phi) is 3.81. The average Bonchev–Trinajstić information content (AvgIpc) is 2.81. The van der Waals surface area contributed by atoms with Crippen LogP contribution in [0.1, 0.15) is 25.3 Å². The number of aliphatic hydroxyl groups excluding tert-OH is 1. The summed E-state index contributed by atoms with van der Waals surface area (Å²) in [6.07, 6.45) is -0.177. The zero-order chi connectivity index (χ0) is 12.4. The Labute approximate surface area is 112 Å². The van der Waals surface area contributed by atoms with Gasteiger partial charge < -0.3 is 9.63 Å². The van der Waals surface area contributed by atoms with E-state index in [0.717, 1.165) is 4.47 Å². The second-order valence-corrected chi connectivity index (χ2v) is 4.72. The Hall–Kier alpha value is -0.910. The van der Waals surface area contributed by atoms with Crippen LogP contribution in [0.15, 0.2) is 27.2 Å². The van der Waals surface area contributed by atoms with Gasteiger partial charge in [0, 0.05) is 4.47 Å². The predicted molar refractivity (Wildman–Crippen MR) is 67.7 cm³/mol. The minimum absolute atomic E-state index is 0.276. The Bertz CT molecular complexity index is 530. The first-order valence-corrected chi connectivity index (χ1v) is 6.26.